The maximum absolute atomic E-state index is 12.5. The fraction of sp³-hybridized carbons (Fsp3) is 0.0909. The smallest absolute Gasteiger partial charge is 0.325 e. The highest BCUT2D eigenvalue weighted by atomic mass is 16.5. The summed E-state index contributed by atoms with van der Waals surface area (Å²) in [4.78, 5) is 50.6. The number of rotatable bonds is 6. The van der Waals surface area contributed by atoms with Crippen LogP contribution >= 0.6 is 0 Å². The van der Waals surface area contributed by atoms with Gasteiger partial charge in [0, 0.05) is 10.9 Å². The number of aromatic hydroxyl groups is 1. The number of ether oxygens (including phenoxy) is 1. The van der Waals surface area contributed by atoms with E-state index in [-0.39, 0.29) is 23.4 Å². The minimum absolute atomic E-state index is 0.266. The van der Waals surface area contributed by atoms with Crippen molar-refractivity contribution < 1.29 is 24.2 Å². The van der Waals surface area contributed by atoms with Gasteiger partial charge in [0.1, 0.15) is 17.9 Å². The van der Waals surface area contributed by atoms with Crippen LogP contribution < -0.4 is 10.9 Å². The van der Waals surface area contributed by atoms with Crippen molar-refractivity contribution in [3.8, 4) is 5.75 Å². The molecule has 0 saturated heterocycles. The molecule has 0 aliphatic rings. The van der Waals surface area contributed by atoms with E-state index in [9.17, 15) is 24.3 Å². The van der Waals surface area contributed by atoms with Crippen LogP contribution in [-0.2, 0) is 9.53 Å². The lowest BCUT2D eigenvalue weighted by Crippen LogP contribution is -2.30. The van der Waals surface area contributed by atoms with Gasteiger partial charge in [0.25, 0.3) is 11.5 Å². The van der Waals surface area contributed by atoms with Crippen molar-refractivity contribution in [3.63, 3.8) is 0 Å². The topological polar surface area (TPSA) is 126 Å². The molecule has 2 aromatic carbocycles. The number of allylic oxidation sites excluding steroid dienone is 1. The second-order valence-corrected chi connectivity index (χ2v) is 6.31. The van der Waals surface area contributed by atoms with Crippen LogP contribution in [0.2, 0.25) is 0 Å². The first-order chi connectivity index (χ1) is 14.4. The van der Waals surface area contributed by atoms with Gasteiger partial charge >= 0.3 is 5.97 Å². The maximum Gasteiger partial charge on any atom is 0.325 e. The molecule has 152 valence electrons. The summed E-state index contributed by atoms with van der Waals surface area (Å²) in [6, 6.07) is 12.9. The van der Waals surface area contributed by atoms with E-state index in [0.29, 0.717) is 16.5 Å². The van der Waals surface area contributed by atoms with Gasteiger partial charge in [0.15, 0.2) is 5.78 Å². The molecule has 0 saturated carbocycles. The average Bonchev–Trinajstić information content (AvgIpc) is 2.76. The van der Waals surface area contributed by atoms with Gasteiger partial charge in [0.2, 0.25) is 0 Å². The molecule has 1 aromatic heterocycles. The molecule has 0 aliphatic carbocycles. The normalized spacial score (nSPS) is 10.8. The van der Waals surface area contributed by atoms with Crippen LogP contribution in [0, 0.1) is 0 Å². The lowest BCUT2D eigenvalue weighted by Gasteiger charge is -2.05. The summed E-state index contributed by atoms with van der Waals surface area (Å²) in [6.07, 6.45) is 2.57. The number of methoxy groups -OCH3 is 1. The highest BCUT2D eigenvalue weighted by Gasteiger charge is 2.17. The summed E-state index contributed by atoms with van der Waals surface area (Å²) in [5.74, 6) is -2.13. The molecule has 1 heterocycles. The number of aromatic amines is 1. The monoisotopic (exact) mass is 406 g/mol. The zero-order valence-electron chi connectivity index (χ0n) is 16.0. The minimum Gasteiger partial charge on any atom is -0.506 e. The molecular formula is C22H18N2O6. The van der Waals surface area contributed by atoms with Crippen molar-refractivity contribution >= 4 is 34.6 Å². The van der Waals surface area contributed by atoms with E-state index in [1.807, 2.05) is 0 Å². The molecule has 1 amide bonds. The number of esters is 1. The third-order valence-corrected chi connectivity index (χ3v) is 4.34. The van der Waals surface area contributed by atoms with Gasteiger partial charge in [-0.25, -0.2) is 0 Å². The Balaban J connectivity index is 1.82. The number of carbonyl (C=O) groups is 3. The van der Waals surface area contributed by atoms with E-state index in [2.05, 4.69) is 15.0 Å². The zero-order valence-corrected chi connectivity index (χ0v) is 16.0. The Hall–Kier alpha value is -4.20. The fourth-order valence-electron chi connectivity index (χ4n) is 2.82. The minimum atomic E-state index is -0.697. The molecule has 0 atom stereocenters. The summed E-state index contributed by atoms with van der Waals surface area (Å²) < 4.78 is 4.46. The molecule has 30 heavy (non-hydrogen) atoms. The lowest BCUT2D eigenvalue weighted by molar-refractivity contribution is -0.139. The van der Waals surface area contributed by atoms with Gasteiger partial charge in [0.05, 0.1) is 12.6 Å². The second-order valence-electron chi connectivity index (χ2n) is 6.31. The number of hydrogen-bond donors (Lipinski definition) is 3. The second kappa shape index (κ2) is 8.87. The Kier molecular flexibility index (Phi) is 6.07. The molecule has 3 N–H and O–H groups in total. The predicted octanol–water partition coefficient (Wildman–Crippen LogP) is 2.03. The number of benzene rings is 2. The molecule has 0 bridgehead atoms. The van der Waals surface area contributed by atoms with Crippen LogP contribution in [0.3, 0.4) is 0 Å². The van der Waals surface area contributed by atoms with Crippen LogP contribution in [0.1, 0.15) is 26.3 Å². The van der Waals surface area contributed by atoms with Gasteiger partial charge < -0.3 is 20.1 Å². The van der Waals surface area contributed by atoms with Gasteiger partial charge in [-0.3, -0.25) is 19.2 Å². The highest BCUT2D eigenvalue weighted by molar-refractivity contribution is 6.11. The van der Waals surface area contributed by atoms with E-state index in [0.717, 1.165) is 6.08 Å². The largest absolute Gasteiger partial charge is 0.506 e. The number of nitrogens with one attached hydrogen (secondary N) is 2. The SMILES string of the molecule is COC(=O)CNC(=O)c1cccc(/C=C/C(=O)c2c(O)c3ccccc3[nH]c2=O)c1. The Labute approximate surface area is 170 Å². The highest BCUT2D eigenvalue weighted by Crippen LogP contribution is 2.25. The summed E-state index contributed by atoms with van der Waals surface area (Å²) in [5, 5.41) is 13.1. The summed E-state index contributed by atoms with van der Waals surface area (Å²) in [5.41, 5.74) is 0.158. The predicted molar refractivity (Wildman–Crippen MR) is 110 cm³/mol. The summed E-state index contributed by atoms with van der Waals surface area (Å²) in [7, 11) is 1.22. The van der Waals surface area contributed by atoms with E-state index < -0.39 is 23.2 Å². The molecule has 8 heteroatoms. The molecule has 0 fully saturated rings. The van der Waals surface area contributed by atoms with Gasteiger partial charge in [-0.15, -0.1) is 0 Å². The first-order valence-corrected chi connectivity index (χ1v) is 8.92. The maximum atomic E-state index is 12.5. The molecule has 0 aliphatic heterocycles. The van der Waals surface area contributed by atoms with Crippen molar-refractivity contribution in [2.45, 2.75) is 0 Å². The van der Waals surface area contributed by atoms with E-state index in [1.165, 1.54) is 19.3 Å². The van der Waals surface area contributed by atoms with Crippen molar-refractivity contribution in [1.29, 1.82) is 0 Å². The van der Waals surface area contributed by atoms with Crippen molar-refractivity contribution in [2.24, 2.45) is 0 Å². The number of pyridine rings is 1. The fourth-order valence-corrected chi connectivity index (χ4v) is 2.82. The Bertz CT molecular complexity index is 1230. The summed E-state index contributed by atoms with van der Waals surface area (Å²) in [6.45, 7) is -0.266. The van der Waals surface area contributed by atoms with Gasteiger partial charge in [-0.05, 0) is 35.9 Å². The quantitative estimate of drug-likeness (QED) is 0.327. The van der Waals surface area contributed by atoms with Crippen LogP contribution in [-0.4, -0.2) is 41.4 Å². The number of hydrogen-bond acceptors (Lipinski definition) is 6. The molecule has 3 rings (SSSR count). The van der Waals surface area contributed by atoms with Crippen LogP contribution in [0.5, 0.6) is 5.75 Å². The third kappa shape index (κ3) is 4.44. The standard InChI is InChI=1S/C22H18N2O6/c1-30-18(26)12-23-21(28)14-6-4-5-13(11-14)9-10-17(25)19-20(27)15-7-2-3-8-16(15)24-22(19)29/h2-11H,12H2,1H3,(H,23,28)(H2,24,27,29)/b10-9+. The number of para-hydroxylation sites is 1. The molecule has 8 nitrogen and oxygen atoms in total. The van der Waals surface area contributed by atoms with Crippen LogP contribution in [0.25, 0.3) is 17.0 Å². The number of amides is 1. The van der Waals surface area contributed by atoms with Crippen LogP contribution in [0.4, 0.5) is 0 Å². The van der Waals surface area contributed by atoms with Crippen LogP contribution in [0.15, 0.2) is 59.4 Å². The first-order valence-electron chi connectivity index (χ1n) is 8.92. The number of ketones is 1. The van der Waals surface area contributed by atoms with Crippen molar-refractivity contribution in [1.82, 2.24) is 10.3 Å². The number of H-pyrrole nitrogens is 1. The zero-order chi connectivity index (χ0) is 21.7. The first kappa shape index (κ1) is 20.5. The lowest BCUT2D eigenvalue weighted by atomic mass is 10.1. The molecule has 0 spiro atoms. The van der Waals surface area contributed by atoms with Gasteiger partial charge in [-0.1, -0.05) is 30.3 Å². The van der Waals surface area contributed by atoms with Gasteiger partial charge in [-0.2, -0.15) is 0 Å². The van der Waals surface area contributed by atoms with E-state index in [1.54, 1.807) is 42.5 Å². The Morgan fingerprint density at radius 1 is 1.13 bits per heavy atom. The summed E-state index contributed by atoms with van der Waals surface area (Å²) >= 11 is 0. The molecule has 3 aromatic rings. The van der Waals surface area contributed by atoms with E-state index in [4.69, 9.17) is 0 Å². The van der Waals surface area contributed by atoms with Crippen molar-refractivity contribution in [2.75, 3.05) is 13.7 Å². The Morgan fingerprint density at radius 2 is 1.90 bits per heavy atom. The molecule has 0 radical (unpaired) electrons. The average molecular weight is 406 g/mol. The number of aromatic nitrogens is 1. The Morgan fingerprint density at radius 3 is 2.67 bits per heavy atom. The van der Waals surface area contributed by atoms with Crippen molar-refractivity contribution in [3.05, 3.63) is 81.7 Å². The van der Waals surface area contributed by atoms with E-state index >= 15 is 0 Å². The molecular weight excluding hydrogens is 388 g/mol. The third-order valence-electron chi connectivity index (χ3n) is 4.34. The number of carbonyl (C=O) groups excluding carboxylic acids is 3. The number of fused-ring (bicyclic) bond motifs is 1. The molecule has 0 unspecified atom stereocenters.